The maximum atomic E-state index is 10.9. The van der Waals surface area contributed by atoms with E-state index in [-0.39, 0.29) is 11.5 Å². The molecule has 4 saturated carbocycles. The summed E-state index contributed by atoms with van der Waals surface area (Å²) < 4.78 is 0. The summed E-state index contributed by atoms with van der Waals surface area (Å²) in [7, 11) is 0. The van der Waals surface area contributed by atoms with E-state index in [0.717, 1.165) is 24.2 Å². The van der Waals surface area contributed by atoms with Crippen molar-refractivity contribution < 1.29 is 5.11 Å². The maximum absolute atomic E-state index is 10.9. The highest BCUT2D eigenvalue weighted by Gasteiger charge is 2.68. The molecule has 0 amide bonds. The van der Waals surface area contributed by atoms with E-state index < -0.39 is 0 Å². The Hall–Kier alpha value is -0.300. The summed E-state index contributed by atoms with van der Waals surface area (Å²) in [6, 6.07) is 0. The highest BCUT2D eigenvalue weighted by molar-refractivity contribution is 5.34. The minimum absolute atomic E-state index is 0.0467. The molecule has 5 aliphatic rings. The molecule has 1 nitrogen and oxygen atoms in total. The molecule has 0 aromatic carbocycles. The number of allylic oxidation sites excluding steroid dienone is 2. The highest BCUT2D eigenvalue weighted by Crippen LogP contribution is 2.76. The van der Waals surface area contributed by atoms with Crippen molar-refractivity contribution in [3.63, 3.8) is 0 Å². The number of aliphatic hydroxyl groups excluding tert-OH is 1. The van der Waals surface area contributed by atoms with Crippen LogP contribution in [0, 0.1) is 56.2 Å². The standard InChI is InChI=1S/C31H52O.C2H6/c1-20-18-31(9)21(22-19-26(2,3)16-17-28(20,22)6)10-11-24-29(7)14-13-25(32)27(4,5)23(29)12-15-30(24,31)8;1-2/h10,20,22-25,32H,11-19H2,1-9H3;1-2H3/t20-,22?,23?,24?,25?,28?,29?,30?,31?;/m1./s1. The van der Waals surface area contributed by atoms with E-state index in [1.54, 1.807) is 0 Å². The molecule has 8 unspecified atom stereocenters. The first kappa shape index (κ1) is 26.8. The second-order valence-electron chi connectivity index (χ2n) is 15.7. The minimum atomic E-state index is -0.130. The quantitative estimate of drug-likeness (QED) is 0.349. The molecular formula is C33H58O. The second kappa shape index (κ2) is 8.10. The Morgan fingerprint density at radius 3 is 2.06 bits per heavy atom. The van der Waals surface area contributed by atoms with E-state index in [0.29, 0.717) is 33.0 Å². The predicted octanol–water partition coefficient (Wildman–Crippen LogP) is 9.44. The fourth-order valence-electron chi connectivity index (χ4n) is 11.0. The topological polar surface area (TPSA) is 20.2 Å². The van der Waals surface area contributed by atoms with E-state index >= 15 is 0 Å². The molecular weight excluding hydrogens is 412 g/mol. The van der Waals surface area contributed by atoms with Crippen molar-refractivity contribution in [3.8, 4) is 0 Å². The van der Waals surface area contributed by atoms with Crippen molar-refractivity contribution in [2.45, 2.75) is 140 Å². The molecule has 1 N–H and O–H groups in total. The lowest BCUT2D eigenvalue weighted by molar-refractivity contribution is -0.207. The number of rotatable bonds is 0. The van der Waals surface area contributed by atoms with Gasteiger partial charge in [-0.05, 0) is 114 Å². The Labute approximate surface area is 212 Å². The third-order valence-corrected chi connectivity index (χ3v) is 13.6. The molecule has 5 aliphatic carbocycles. The molecule has 1 heteroatoms. The molecule has 4 fully saturated rings. The van der Waals surface area contributed by atoms with E-state index in [1.807, 2.05) is 19.4 Å². The number of hydrogen-bond donors (Lipinski definition) is 1. The average molecular weight is 471 g/mol. The molecule has 0 bridgehead atoms. The third kappa shape index (κ3) is 3.33. The summed E-state index contributed by atoms with van der Waals surface area (Å²) in [5.41, 5.74) is 3.97. The van der Waals surface area contributed by atoms with E-state index in [1.165, 1.54) is 51.4 Å². The van der Waals surface area contributed by atoms with Crippen molar-refractivity contribution in [2.75, 3.05) is 0 Å². The van der Waals surface area contributed by atoms with Gasteiger partial charge < -0.3 is 5.11 Å². The lowest BCUT2D eigenvalue weighted by atomic mass is 9.33. The Bertz CT molecular complexity index is 820. The Balaban J connectivity index is 0.00000133. The third-order valence-electron chi connectivity index (χ3n) is 13.6. The van der Waals surface area contributed by atoms with Crippen molar-refractivity contribution in [2.24, 2.45) is 56.2 Å². The lowest BCUT2D eigenvalue weighted by Crippen LogP contribution is -2.65. The number of fused-ring (bicyclic) bond motifs is 7. The monoisotopic (exact) mass is 470 g/mol. The van der Waals surface area contributed by atoms with Crippen LogP contribution in [0.3, 0.4) is 0 Å². The molecule has 0 aromatic rings. The molecule has 196 valence electrons. The van der Waals surface area contributed by atoms with Crippen molar-refractivity contribution >= 4 is 0 Å². The second-order valence-corrected chi connectivity index (χ2v) is 15.7. The average Bonchev–Trinajstić information content (AvgIpc) is 2.75. The zero-order valence-corrected chi connectivity index (χ0v) is 24.8. The molecule has 0 aliphatic heterocycles. The van der Waals surface area contributed by atoms with Crippen LogP contribution in [0.1, 0.15) is 134 Å². The molecule has 0 radical (unpaired) electrons. The molecule has 0 aromatic heterocycles. The smallest absolute Gasteiger partial charge is 0.0594 e. The fourth-order valence-corrected chi connectivity index (χ4v) is 11.0. The molecule has 9 atom stereocenters. The largest absolute Gasteiger partial charge is 0.393 e. The summed E-state index contributed by atoms with van der Waals surface area (Å²) in [5.74, 6) is 2.97. The van der Waals surface area contributed by atoms with Gasteiger partial charge in [-0.25, -0.2) is 0 Å². The number of aliphatic hydroxyl groups is 1. The molecule has 0 saturated heterocycles. The Morgan fingerprint density at radius 2 is 1.41 bits per heavy atom. The van der Waals surface area contributed by atoms with Crippen LogP contribution in [-0.4, -0.2) is 11.2 Å². The Morgan fingerprint density at radius 1 is 0.765 bits per heavy atom. The van der Waals surface area contributed by atoms with Crippen molar-refractivity contribution in [1.29, 1.82) is 0 Å². The first-order valence-corrected chi connectivity index (χ1v) is 15.0. The van der Waals surface area contributed by atoms with Gasteiger partial charge >= 0.3 is 0 Å². The zero-order chi connectivity index (χ0) is 25.5. The van der Waals surface area contributed by atoms with Crippen LogP contribution in [0.5, 0.6) is 0 Å². The summed E-state index contributed by atoms with van der Waals surface area (Å²) in [5, 5.41) is 10.9. The van der Waals surface area contributed by atoms with Crippen LogP contribution in [0.15, 0.2) is 11.6 Å². The van der Waals surface area contributed by atoms with Gasteiger partial charge in [0.25, 0.3) is 0 Å². The van der Waals surface area contributed by atoms with Gasteiger partial charge in [0.05, 0.1) is 6.10 Å². The Kier molecular flexibility index (Phi) is 6.37. The first-order valence-electron chi connectivity index (χ1n) is 15.0. The van der Waals surface area contributed by atoms with Gasteiger partial charge in [-0.1, -0.05) is 87.8 Å². The van der Waals surface area contributed by atoms with Gasteiger partial charge in [-0.3, -0.25) is 0 Å². The van der Waals surface area contributed by atoms with Crippen molar-refractivity contribution in [3.05, 3.63) is 11.6 Å². The molecule has 34 heavy (non-hydrogen) atoms. The molecule has 0 heterocycles. The van der Waals surface area contributed by atoms with Crippen LogP contribution in [0.4, 0.5) is 0 Å². The van der Waals surface area contributed by atoms with Crippen LogP contribution < -0.4 is 0 Å². The van der Waals surface area contributed by atoms with Crippen LogP contribution >= 0.6 is 0 Å². The minimum Gasteiger partial charge on any atom is -0.393 e. The van der Waals surface area contributed by atoms with Crippen LogP contribution in [-0.2, 0) is 0 Å². The lowest BCUT2D eigenvalue weighted by Gasteiger charge is -2.72. The molecule has 0 spiro atoms. The van der Waals surface area contributed by atoms with Crippen LogP contribution in [0.2, 0.25) is 0 Å². The van der Waals surface area contributed by atoms with Gasteiger partial charge in [0.2, 0.25) is 0 Å². The fraction of sp³-hybridized carbons (Fsp3) is 0.939. The SMILES string of the molecule is CC.C[C@@H]1CC2(C)C(=CCC3C4(C)CCC(O)C(C)(C)C4CCC32C)C2CC(C)(C)CCC21C. The first-order chi connectivity index (χ1) is 15.6. The van der Waals surface area contributed by atoms with Gasteiger partial charge in [-0.15, -0.1) is 0 Å². The van der Waals surface area contributed by atoms with Gasteiger partial charge in [0, 0.05) is 0 Å². The predicted molar refractivity (Wildman–Crippen MR) is 147 cm³/mol. The van der Waals surface area contributed by atoms with E-state index in [2.05, 4.69) is 68.4 Å². The highest BCUT2D eigenvalue weighted by atomic mass is 16.3. The van der Waals surface area contributed by atoms with E-state index in [4.69, 9.17) is 0 Å². The maximum Gasteiger partial charge on any atom is 0.0594 e. The van der Waals surface area contributed by atoms with Crippen LogP contribution in [0.25, 0.3) is 0 Å². The summed E-state index contributed by atoms with van der Waals surface area (Å²) >= 11 is 0. The van der Waals surface area contributed by atoms with E-state index in [9.17, 15) is 5.11 Å². The molecule has 5 rings (SSSR count). The summed E-state index contributed by atoms with van der Waals surface area (Å²) in [6.45, 7) is 27.1. The zero-order valence-electron chi connectivity index (χ0n) is 24.8. The van der Waals surface area contributed by atoms with Gasteiger partial charge in [0.15, 0.2) is 0 Å². The number of hydrogen-bond acceptors (Lipinski definition) is 1. The van der Waals surface area contributed by atoms with Gasteiger partial charge in [-0.2, -0.15) is 0 Å². The van der Waals surface area contributed by atoms with Gasteiger partial charge in [0.1, 0.15) is 0 Å². The summed E-state index contributed by atoms with van der Waals surface area (Å²) in [4.78, 5) is 0. The normalized spacial score (nSPS) is 53.1. The van der Waals surface area contributed by atoms with Crippen molar-refractivity contribution in [1.82, 2.24) is 0 Å². The summed E-state index contributed by atoms with van der Waals surface area (Å²) in [6.07, 6.45) is 14.4.